The Morgan fingerprint density at radius 2 is 1.61 bits per heavy atom. The molecule has 9 nitrogen and oxygen atoms in total. The van der Waals surface area contributed by atoms with E-state index in [1.54, 1.807) is 6.07 Å². The van der Waals surface area contributed by atoms with E-state index < -0.39 is 6.29 Å². The van der Waals surface area contributed by atoms with Crippen LogP contribution in [-0.2, 0) is 32.2 Å². The number of rotatable bonds is 15. The number of hydrogen-bond acceptors (Lipinski definition) is 7. The van der Waals surface area contributed by atoms with Crippen LogP contribution in [0.25, 0.3) is 11.1 Å². The number of thioether (sulfide) groups is 1. The zero-order valence-corrected chi connectivity index (χ0v) is 28.9. The highest BCUT2D eigenvalue weighted by Crippen LogP contribution is 2.43. The van der Waals surface area contributed by atoms with Crippen LogP contribution in [0.3, 0.4) is 0 Å². The quantitative estimate of drug-likeness (QED) is 0.0576. The fraction of sp³-hybridized carbons (Fsp3) is 0.359. The first kappa shape index (κ1) is 36.1. The highest BCUT2D eigenvalue weighted by atomic mass is 32.2. The van der Waals surface area contributed by atoms with E-state index >= 15 is 0 Å². The topological polar surface area (TPSA) is 124 Å². The number of aliphatic hydroxyl groups is 1. The molecular weight excluding hydrogens is 639 g/mol. The number of hydrogen-bond donors (Lipinski definition) is 3. The van der Waals surface area contributed by atoms with Crippen LogP contribution in [0.4, 0.5) is 0 Å². The van der Waals surface area contributed by atoms with Crippen molar-refractivity contribution in [1.29, 1.82) is 0 Å². The van der Waals surface area contributed by atoms with E-state index in [0.29, 0.717) is 30.3 Å². The minimum Gasteiger partial charge on any atom is -0.618 e. The average molecular weight is 684 g/mol. The molecule has 1 saturated heterocycles. The van der Waals surface area contributed by atoms with Crippen LogP contribution in [0.15, 0.2) is 102 Å². The predicted octanol–water partition coefficient (Wildman–Crippen LogP) is 6.38. The number of carbonyl (C=O) groups excluding carboxylic acids is 2. The molecule has 0 bridgehead atoms. The van der Waals surface area contributed by atoms with Crippen LogP contribution in [0.2, 0.25) is 0 Å². The first-order valence-electron chi connectivity index (χ1n) is 16.8. The Morgan fingerprint density at radius 3 is 2.35 bits per heavy atom. The highest BCUT2D eigenvalue weighted by Gasteiger charge is 2.38. The fourth-order valence-corrected chi connectivity index (χ4v) is 6.99. The van der Waals surface area contributed by atoms with E-state index in [1.807, 2.05) is 66.7 Å². The summed E-state index contributed by atoms with van der Waals surface area (Å²) in [7, 11) is 0. The summed E-state index contributed by atoms with van der Waals surface area (Å²) in [6.07, 6.45) is 3.38. The summed E-state index contributed by atoms with van der Waals surface area (Å²) < 4.78 is 14.1. The number of aromatic nitrogens is 1. The summed E-state index contributed by atoms with van der Waals surface area (Å²) in [6, 6.07) is 29.4. The van der Waals surface area contributed by atoms with Crippen molar-refractivity contribution in [1.82, 2.24) is 10.6 Å². The number of nitrogens with zero attached hydrogens (tertiary/aromatic N) is 1. The van der Waals surface area contributed by atoms with Crippen molar-refractivity contribution >= 4 is 23.6 Å². The van der Waals surface area contributed by atoms with E-state index in [0.717, 1.165) is 57.4 Å². The highest BCUT2D eigenvalue weighted by molar-refractivity contribution is 7.99. The Balaban J connectivity index is 1.26. The van der Waals surface area contributed by atoms with Gasteiger partial charge in [0, 0.05) is 55.8 Å². The summed E-state index contributed by atoms with van der Waals surface area (Å²) in [4.78, 5) is 23.5. The second-order valence-electron chi connectivity index (χ2n) is 12.3. The molecule has 0 aliphatic carbocycles. The van der Waals surface area contributed by atoms with Gasteiger partial charge in [-0.1, -0.05) is 97.9 Å². The average Bonchev–Trinajstić information content (AvgIpc) is 3.12. The number of nitrogens with one attached hydrogen (secondary N) is 2. The SMILES string of the molecule is CC(=O)NCCCCCC(=O)NCc1ccccc1-c1ccc([C@@H]2O[C@H](CSc3cccc[n+]3[O-])[C@H](C)[C@H](c3ccc(CO)cc3)O2)cc1. The van der Waals surface area contributed by atoms with Crippen molar-refractivity contribution in [2.45, 2.75) is 76.2 Å². The maximum absolute atomic E-state index is 12.5. The Hall–Kier alpha value is -4.22. The molecule has 4 aromatic rings. The number of unbranched alkanes of at least 4 members (excludes halogenated alkanes) is 2. The van der Waals surface area contributed by atoms with E-state index in [1.165, 1.54) is 24.9 Å². The standard InChI is InChI=1S/C39H45N3O6S/c1-27-35(26-49-37-13-7-9-23-42(37)46)47-39(48-38(27)31-16-14-29(25-43)15-17-31)32-20-18-30(19-21-32)34-11-6-5-10-33(34)24-41-36(45)12-4-3-8-22-40-28(2)44/h5-7,9-11,13-21,23,27,35,38-39,43H,3-4,8,12,22,24-26H2,1-2H3,(H,40,44)(H,41,45)/t27-,35+,38+,39+/m0/s1. The molecule has 1 aromatic heterocycles. The molecule has 10 heteroatoms. The van der Waals surface area contributed by atoms with Crippen molar-refractivity contribution in [3.8, 4) is 11.1 Å². The van der Waals surface area contributed by atoms with Crippen molar-refractivity contribution in [2.75, 3.05) is 12.3 Å². The second-order valence-corrected chi connectivity index (χ2v) is 13.4. The van der Waals surface area contributed by atoms with Gasteiger partial charge in [-0.25, -0.2) is 0 Å². The third-order valence-electron chi connectivity index (χ3n) is 8.75. The molecule has 1 aliphatic rings. The van der Waals surface area contributed by atoms with Gasteiger partial charge in [0.2, 0.25) is 11.8 Å². The molecule has 0 unspecified atom stereocenters. The molecule has 1 fully saturated rings. The summed E-state index contributed by atoms with van der Waals surface area (Å²) in [5.74, 6) is 0.551. The van der Waals surface area contributed by atoms with Crippen LogP contribution >= 0.6 is 11.8 Å². The summed E-state index contributed by atoms with van der Waals surface area (Å²) in [5.41, 5.74) is 5.79. The molecule has 3 N–H and O–H groups in total. The van der Waals surface area contributed by atoms with Crippen LogP contribution in [0.1, 0.15) is 74.2 Å². The lowest BCUT2D eigenvalue weighted by atomic mass is 9.91. The van der Waals surface area contributed by atoms with E-state index in [-0.39, 0.29) is 36.5 Å². The first-order chi connectivity index (χ1) is 23.8. The summed E-state index contributed by atoms with van der Waals surface area (Å²) in [6.45, 7) is 4.65. The Kier molecular flexibility index (Phi) is 13.2. The molecule has 2 amide bonds. The van der Waals surface area contributed by atoms with Gasteiger partial charge in [-0.3, -0.25) is 9.59 Å². The molecule has 0 saturated carbocycles. The number of carbonyl (C=O) groups is 2. The van der Waals surface area contributed by atoms with Crippen LogP contribution in [-0.4, -0.2) is 35.3 Å². The van der Waals surface area contributed by atoms with Crippen LogP contribution < -0.4 is 15.4 Å². The smallest absolute Gasteiger partial charge is 0.251 e. The number of ether oxygens (including phenoxy) is 2. The molecule has 0 spiro atoms. The number of aliphatic hydroxyl groups excluding tert-OH is 1. The Morgan fingerprint density at radius 1 is 0.878 bits per heavy atom. The molecule has 49 heavy (non-hydrogen) atoms. The fourth-order valence-electron chi connectivity index (χ4n) is 5.91. The summed E-state index contributed by atoms with van der Waals surface area (Å²) in [5, 5.41) is 28.3. The lowest BCUT2D eigenvalue weighted by Crippen LogP contribution is -2.39. The first-order valence-corrected chi connectivity index (χ1v) is 17.8. The maximum Gasteiger partial charge on any atom is 0.251 e. The monoisotopic (exact) mass is 683 g/mol. The van der Waals surface area contributed by atoms with Gasteiger partial charge in [-0.2, -0.15) is 4.73 Å². The van der Waals surface area contributed by atoms with Gasteiger partial charge >= 0.3 is 0 Å². The van der Waals surface area contributed by atoms with Gasteiger partial charge in [0.25, 0.3) is 5.03 Å². The molecule has 2 heterocycles. The molecular formula is C39H45N3O6S. The molecule has 5 rings (SSSR count). The van der Waals surface area contributed by atoms with E-state index in [2.05, 4.69) is 35.8 Å². The number of benzene rings is 3. The molecule has 1 aliphatic heterocycles. The normalized spacial score (nSPS) is 18.9. The largest absolute Gasteiger partial charge is 0.618 e. The lowest BCUT2D eigenvalue weighted by molar-refractivity contribution is -0.645. The van der Waals surface area contributed by atoms with Crippen molar-refractivity contribution in [2.24, 2.45) is 5.92 Å². The van der Waals surface area contributed by atoms with Gasteiger partial charge in [0.15, 0.2) is 12.5 Å². The van der Waals surface area contributed by atoms with Gasteiger partial charge in [-0.05, 0) is 46.7 Å². The Bertz CT molecular complexity index is 1670. The van der Waals surface area contributed by atoms with Gasteiger partial charge < -0.3 is 30.4 Å². The van der Waals surface area contributed by atoms with Crippen molar-refractivity contribution in [3.05, 3.63) is 125 Å². The predicted molar refractivity (Wildman–Crippen MR) is 190 cm³/mol. The third-order valence-corrected chi connectivity index (χ3v) is 9.86. The molecule has 3 aromatic carbocycles. The minimum atomic E-state index is -0.624. The lowest BCUT2D eigenvalue weighted by Gasteiger charge is -2.41. The minimum absolute atomic E-state index is 0.00219. The zero-order valence-electron chi connectivity index (χ0n) is 28.0. The molecule has 4 atom stereocenters. The van der Waals surface area contributed by atoms with Gasteiger partial charge in [0.1, 0.15) is 0 Å². The zero-order chi connectivity index (χ0) is 34.6. The molecule has 0 radical (unpaired) electrons. The third kappa shape index (κ3) is 10.1. The second kappa shape index (κ2) is 18.0. The Labute approximate surface area is 292 Å². The molecule has 258 valence electrons. The summed E-state index contributed by atoms with van der Waals surface area (Å²) >= 11 is 1.47. The van der Waals surface area contributed by atoms with Crippen molar-refractivity contribution in [3.63, 3.8) is 0 Å². The maximum atomic E-state index is 12.5. The van der Waals surface area contributed by atoms with Gasteiger partial charge in [-0.15, -0.1) is 0 Å². The van der Waals surface area contributed by atoms with E-state index in [4.69, 9.17) is 9.47 Å². The number of pyridine rings is 1. The number of amides is 2. The van der Waals surface area contributed by atoms with Crippen LogP contribution in [0.5, 0.6) is 0 Å². The van der Waals surface area contributed by atoms with Gasteiger partial charge in [0.05, 0.1) is 18.8 Å². The van der Waals surface area contributed by atoms with E-state index in [9.17, 15) is 19.9 Å². The van der Waals surface area contributed by atoms with Crippen LogP contribution in [0, 0.1) is 11.1 Å². The van der Waals surface area contributed by atoms with Crippen molar-refractivity contribution < 1.29 is 28.9 Å².